The summed E-state index contributed by atoms with van der Waals surface area (Å²) < 4.78 is 168. The third-order valence-corrected chi connectivity index (χ3v) is 9.68. The van der Waals surface area contributed by atoms with Crippen LogP contribution in [-0.4, -0.2) is 31.7 Å². The van der Waals surface area contributed by atoms with Crippen LogP contribution in [0.25, 0.3) is 0 Å². The minimum absolute atomic E-state index is 0.149. The van der Waals surface area contributed by atoms with Gasteiger partial charge >= 0.3 is 33.4 Å². The largest absolute Gasteiger partial charge is 0.489 e. The number of rotatable bonds is 10. The Hall–Kier alpha value is -4.01. The summed E-state index contributed by atoms with van der Waals surface area (Å²) in [7, 11) is -7.09. The SMILES string of the molecule is O=S(=O)(Oc1ccc(C2c3ccc(OCc4ccccc4)cc3CCC2C2C=CC(F)=CC2)cc1)C(F)(F)C(F)(F)C(F)(F)C(F)(F)F. The van der Waals surface area contributed by atoms with Crippen molar-refractivity contribution in [3.8, 4) is 11.5 Å². The molecular weight excluding hydrogens is 682 g/mol. The lowest BCUT2D eigenvalue weighted by Crippen LogP contribution is -2.63. The first-order chi connectivity index (χ1) is 22.4. The highest BCUT2D eigenvalue weighted by molar-refractivity contribution is 7.88. The van der Waals surface area contributed by atoms with Gasteiger partial charge in [-0.3, -0.25) is 0 Å². The maximum absolute atomic E-state index is 14.2. The maximum Gasteiger partial charge on any atom is 0.460 e. The van der Waals surface area contributed by atoms with Crippen molar-refractivity contribution >= 4 is 10.1 Å². The van der Waals surface area contributed by atoms with Crippen molar-refractivity contribution in [2.24, 2.45) is 11.8 Å². The molecule has 3 unspecified atom stereocenters. The number of halogens is 10. The highest BCUT2D eigenvalue weighted by Gasteiger charge is 2.86. The normalized spacial score (nSPS) is 20.5. The van der Waals surface area contributed by atoms with Crippen LogP contribution in [0, 0.1) is 11.8 Å². The average Bonchev–Trinajstić information content (AvgIpc) is 3.03. The molecule has 3 atom stereocenters. The molecule has 4 nitrogen and oxygen atoms in total. The first kappa shape index (κ1) is 35.3. The second-order valence-corrected chi connectivity index (χ2v) is 13.0. The molecule has 2 aliphatic carbocycles. The van der Waals surface area contributed by atoms with Crippen LogP contribution in [0.4, 0.5) is 43.9 Å². The van der Waals surface area contributed by atoms with E-state index < -0.39 is 50.9 Å². The number of hydrogen-bond acceptors (Lipinski definition) is 4. The van der Waals surface area contributed by atoms with E-state index in [-0.39, 0.29) is 11.8 Å². The molecule has 258 valence electrons. The smallest absolute Gasteiger partial charge is 0.460 e. The topological polar surface area (TPSA) is 52.6 Å². The molecule has 0 fully saturated rings. The molecule has 0 saturated heterocycles. The van der Waals surface area contributed by atoms with Crippen LogP contribution in [0.3, 0.4) is 0 Å². The first-order valence-electron chi connectivity index (χ1n) is 14.4. The van der Waals surface area contributed by atoms with Crippen molar-refractivity contribution in [1.29, 1.82) is 0 Å². The molecular formula is C33H26F10O4S. The number of ether oxygens (including phenoxy) is 1. The van der Waals surface area contributed by atoms with E-state index in [1.54, 1.807) is 12.1 Å². The van der Waals surface area contributed by atoms with Gasteiger partial charge in [-0.1, -0.05) is 54.6 Å². The van der Waals surface area contributed by atoms with Gasteiger partial charge in [0.1, 0.15) is 23.9 Å². The lowest BCUT2D eigenvalue weighted by Gasteiger charge is -2.38. The van der Waals surface area contributed by atoms with Crippen molar-refractivity contribution in [2.75, 3.05) is 0 Å². The predicted octanol–water partition coefficient (Wildman–Crippen LogP) is 9.52. The highest BCUT2D eigenvalue weighted by Crippen LogP contribution is 2.55. The third-order valence-electron chi connectivity index (χ3n) is 8.39. The molecule has 0 radical (unpaired) electrons. The zero-order valence-corrected chi connectivity index (χ0v) is 25.4. The van der Waals surface area contributed by atoms with Gasteiger partial charge in [-0.05, 0) is 89.8 Å². The molecule has 0 aliphatic heterocycles. The number of benzene rings is 3. The van der Waals surface area contributed by atoms with Gasteiger partial charge in [-0.25, -0.2) is 4.39 Å². The molecule has 5 rings (SSSR count). The lowest BCUT2D eigenvalue weighted by atomic mass is 9.66. The zero-order valence-electron chi connectivity index (χ0n) is 24.5. The molecule has 48 heavy (non-hydrogen) atoms. The Morgan fingerprint density at radius 3 is 2.04 bits per heavy atom. The fraction of sp³-hybridized carbons (Fsp3) is 0.333. The van der Waals surface area contributed by atoms with Gasteiger partial charge in [0.05, 0.1) is 0 Å². The van der Waals surface area contributed by atoms with Crippen LogP contribution in [0.5, 0.6) is 11.5 Å². The van der Waals surface area contributed by atoms with Crippen molar-refractivity contribution in [1.82, 2.24) is 0 Å². The Morgan fingerprint density at radius 2 is 1.44 bits per heavy atom. The number of fused-ring (bicyclic) bond motifs is 1. The van der Waals surface area contributed by atoms with Gasteiger partial charge < -0.3 is 8.92 Å². The van der Waals surface area contributed by atoms with Crippen LogP contribution < -0.4 is 8.92 Å². The molecule has 0 bridgehead atoms. The van der Waals surface area contributed by atoms with E-state index in [2.05, 4.69) is 4.18 Å². The summed E-state index contributed by atoms with van der Waals surface area (Å²) in [6.07, 6.45) is -1.14. The molecule has 0 N–H and O–H groups in total. The summed E-state index contributed by atoms with van der Waals surface area (Å²) in [6, 6.07) is 18.9. The van der Waals surface area contributed by atoms with Crippen molar-refractivity contribution in [3.63, 3.8) is 0 Å². The highest BCUT2D eigenvalue weighted by atomic mass is 32.2. The van der Waals surface area contributed by atoms with Gasteiger partial charge in [0.25, 0.3) is 0 Å². The number of hydrogen-bond donors (Lipinski definition) is 0. The third kappa shape index (κ3) is 6.52. The van der Waals surface area contributed by atoms with E-state index in [1.807, 2.05) is 42.5 Å². The van der Waals surface area contributed by atoms with E-state index in [4.69, 9.17) is 4.74 Å². The second-order valence-electron chi connectivity index (χ2n) is 11.4. The second kappa shape index (κ2) is 12.8. The quantitative estimate of drug-likeness (QED) is 0.156. The Kier molecular flexibility index (Phi) is 9.40. The average molecular weight is 709 g/mol. The summed E-state index contributed by atoms with van der Waals surface area (Å²) in [5.41, 5.74) is 3.15. The van der Waals surface area contributed by atoms with E-state index >= 15 is 0 Å². The standard InChI is InChI=1S/C33H26F10O4S/c34-24-11-6-21(7-12-24)27-16-10-23-18-26(46-19-20-4-2-1-3-5-20)15-17-28(23)29(27)22-8-13-25(14-9-22)47-48(44,45)33(42,43)31(37,38)30(35,36)32(39,40)41/h1-6,8-9,11-15,17-18,21,27,29H,7,10,16,19H2. The number of alkyl halides is 9. The molecule has 15 heteroatoms. The summed E-state index contributed by atoms with van der Waals surface area (Å²) in [6.45, 7) is 0.305. The van der Waals surface area contributed by atoms with Crippen LogP contribution in [0.2, 0.25) is 0 Å². The monoisotopic (exact) mass is 708 g/mol. The van der Waals surface area contributed by atoms with Crippen LogP contribution in [-0.2, 0) is 23.1 Å². The van der Waals surface area contributed by atoms with E-state index in [0.29, 0.717) is 37.2 Å². The fourth-order valence-corrected chi connectivity index (χ4v) is 6.81. The van der Waals surface area contributed by atoms with E-state index in [0.717, 1.165) is 28.8 Å². The molecule has 0 amide bonds. The summed E-state index contributed by atoms with van der Waals surface area (Å²) in [5.74, 6) is -16.4. The molecule has 0 spiro atoms. The fourth-order valence-electron chi connectivity index (χ4n) is 5.90. The maximum atomic E-state index is 14.2. The molecule has 2 aliphatic rings. The zero-order chi connectivity index (χ0) is 35.1. The minimum atomic E-state index is -7.42. The van der Waals surface area contributed by atoms with E-state index in [1.165, 1.54) is 24.3 Å². The van der Waals surface area contributed by atoms with Gasteiger partial charge in [0.15, 0.2) is 0 Å². The summed E-state index contributed by atoms with van der Waals surface area (Å²) >= 11 is 0. The molecule has 0 heterocycles. The Bertz CT molecular complexity index is 1790. The van der Waals surface area contributed by atoms with Gasteiger partial charge in [0.2, 0.25) is 0 Å². The number of allylic oxidation sites excluding steroid dienone is 4. The Labute approximate surface area is 268 Å². The van der Waals surface area contributed by atoms with Crippen LogP contribution >= 0.6 is 0 Å². The molecule has 0 saturated carbocycles. The van der Waals surface area contributed by atoms with Gasteiger partial charge in [-0.2, -0.15) is 47.9 Å². The van der Waals surface area contributed by atoms with Crippen molar-refractivity contribution in [2.45, 2.75) is 55.1 Å². The Morgan fingerprint density at radius 1 is 0.792 bits per heavy atom. The molecule has 0 aromatic heterocycles. The predicted molar refractivity (Wildman–Crippen MR) is 154 cm³/mol. The van der Waals surface area contributed by atoms with Crippen LogP contribution in [0.1, 0.15) is 41.0 Å². The van der Waals surface area contributed by atoms with E-state index in [9.17, 15) is 52.3 Å². The number of aryl methyl sites for hydroxylation is 1. The van der Waals surface area contributed by atoms with Crippen molar-refractivity contribution in [3.05, 3.63) is 119 Å². The lowest BCUT2D eigenvalue weighted by molar-refractivity contribution is -0.382. The Balaban J connectivity index is 1.43. The molecule has 3 aromatic rings. The minimum Gasteiger partial charge on any atom is -0.489 e. The van der Waals surface area contributed by atoms with Crippen molar-refractivity contribution < 1.29 is 61.2 Å². The molecule has 3 aromatic carbocycles. The van der Waals surface area contributed by atoms with Crippen LogP contribution in [0.15, 0.2) is 96.9 Å². The first-order valence-corrected chi connectivity index (χ1v) is 15.8. The van der Waals surface area contributed by atoms with Gasteiger partial charge in [0, 0.05) is 5.92 Å². The summed E-state index contributed by atoms with van der Waals surface area (Å²) in [4.78, 5) is 0. The summed E-state index contributed by atoms with van der Waals surface area (Å²) in [5, 5.41) is -6.98. The van der Waals surface area contributed by atoms with Gasteiger partial charge in [-0.15, -0.1) is 0 Å².